The number of benzene rings is 1. The zero-order valence-electron chi connectivity index (χ0n) is 11.3. The third-order valence-electron chi connectivity index (χ3n) is 3.78. The molecule has 0 radical (unpaired) electrons. The van der Waals surface area contributed by atoms with Gasteiger partial charge in [-0.25, -0.2) is 13.1 Å². The van der Waals surface area contributed by atoms with Crippen LogP contribution in [0.2, 0.25) is 0 Å². The third-order valence-corrected chi connectivity index (χ3v) is 5.42. The summed E-state index contributed by atoms with van der Waals surface area (Å²) < 4.78 is 66.0. The van der Waals surface area contributed by atoms with Crippen LogP contribution in [0.25, 0.3) is 0 Å². The molecular formula is C13H17F3N2O2S. The minimum Gasteiger partial charge on any atom is -0.329 e. The molecule has 21 heavy (non-hydrogen) atoms. The lowest BCUT2D eigenvalue weighted by Crippen LogP contribution is -2.51. The van der Waals surface area contributed by atoms with Gasteiger partial charge in [-0.2, -0.15) is 13.2 Å². The van der Waals surface area contributed by atoms with E-state index in [0.717, 1.165) is 31.0 Å². The number of nitrogens with two attached hydrogens (primary N) is 1. The van der Waals surface area contributed by atoms with Gasteiger partial charge in [0, 0.05) is 12.1 Å². The molecule has 3 N–H and O–H groups in total. The first-order chi connectivity index (χ1) is 9.70. The molecule has 118 valence electrons. The number of rotatable bonds is 4. The van der Waals surface area contributed by atoms with Crippen LogP contribution in [0.3, 0.4) is 0 Å². The van der Waals surface area contributed by atoms with Crippen molar-refractivity contribution in [2.24, 2.45) is 5.73 Å². The molecule has 1 aromatic rings. The quantitative estimate of drug-likeness (QED) is 0.893. The maximum Gasteiger partial charge on any atom is 0.417 e. The highest BCUT2D eigenvalue weighted by Gasteiger charge is 2.41. The lowest BCUT2D eigenvalue weighted by atomic mass is 10.0. The molecule has 1 aliphatic rings. The maximum atomic E-state index is 13.0. The standard InChI is InChI=1S/C13H17F3N2O2S/c14-13(15,16)10-5-1-2-6-11(10)21(19,20)18-12(9-17)7-3-4-8-12/h1-2,5-6,18H,3-4,7-9,17H2. The van der Waals surface area contributed by atoms with Gasteiger partial charge in [0.15, 0.2) is 0 Å². The van der Waals surface area contributed by atoms with Gasteiger partial charge in [-0.3, -0.25) is 0 Å². The molecular weight excluding hydrogens is 305 g/mol. The van der Waals surface area contributed by atoms with Crippen LogP contribution in [0.15, 0.2) is 29.2 Å². The molecule has 1 aliphatic carbocycles. The van der Waals surface area contributed by atoms with Gasteiger partial charge in [0.05, 0.1) is 10.5 Å². The molecule has 2 rings (SSSR count). The van der Waals surface area contributed by atoms with E-state index in [4.69, 9.17) is 5.73 Å². The van der Waals surface area contributed by atoms with Gasteiger partial charge in [-0.15, -0.1) is 0 Å². The number of hydrogen-bond acceptors (Lipinski definition) is 3. The van der Waals surface area contributed by atoms with E-state index in [1.807, 2.05) is 0 Å². The Kier molecular flexibility index (Phi) is 4.32. The lowest BCUT2D eigenvalue weighted by Gasteiger charge is -2.28. The Balaban J connectivity index is 2.41. The molecule has 0 heterocycles. The molecule has 8 heteroatoms. The fraction of sp³-hybridized carbons (Fsp3) is 0.538. The van der Waals surface area contributed by atoms with Gasteiger partial charge in [-0.05, 0) is 25.0 Å². The molecule has 0 aromatic heterocycles. The van der Waals surface area contributed by atoms with Crippen molar-refractivity contribution in [1.82, 2.24) is 4.72 Å². The second-order valence-electron chi connectivity index (χ2n) is 5.29. The fourth-order valence-electron chi connectivity index (χ4n) is 2.67. The van der Waals surface area contributed by atoms with Crippen molar-refractivity contribution in [3.05, 3.63) is 29.8 Å². The summed E-state index contributed by atoms with van der Waals surface area (Å²) >= 11 is 0. The highest BCUT2D eigenvalue weighted by Crippen LogP contribution is 2.36. The van der Waals surface area contributed by atoms with Crippen LogP contribution in [0.5, 0.6) is 0 Å². The third kappa shape index (κ3) is 3.38. The van der Waals surface area contributed by atoms with Crippen molar-refractivity contribution in [3.8, 4) is 0 Å². The summed E-state index contributed by atoms with van der Waals surface area (Å²) in [4.78, 5) is -0.753. The Labute approximate surface area is 121 Å². The molecule has 0 saturated heterocycles. The molecule has 0 atom stereocenters. The lowest BCUT2D eigenvalue weighted by molar-refractivity contribution is -0.139. The Hall–Kier alpha value is -1.12. The van der Waals surface area contributed by atoms with Crippen molar-refractivity contribution in [1.29, 1.82) is 0 Å². The average molecular weight is 322 g/mol. The molecule has 0 bridgehead atoms. The minimum absolute atomic E-state index is 0.0699. The summed E-state index contributed by atoms with van der Waals surface area (Å²) in [5.74, 6) is 0. The number of nitrogens with one attached hydrogen (secondary N) is 1. The summed E-state index contributed by atoms with van der Waals surface area (Å²) in [6.45, 7) is 0.0699. The van der Waals surface area contributed by atoms with Gasteiger partial charge in [0.25, 0.3) is 0 Å². The predicted octanol–water partition coefficient (Wildman–Crippen LogP) is 2.26. The summed E-state index contributed by atoms with van der Waals surface area (Å²) in [5.41, 5.74) is 3.63. The van der Waals surface area contributed by atoms with E-state index in [0.29, 0.717) is 12.8 Å². The normalized spacial score (nSPS) is 18.9. The molecule has 0 aliphatic heterocycles. The molecule has 0 spiro atoms. The summed E-state index contributed by atoms with van der Waals surface area (Å²) in [5, 5.41) is 0. The van der Waals surface area contributed by atoms with Crippen molar-refractivity contribution in [2.75, 3.05) is 6.54 Å². The topological polar surface area (TPSA) is 72.2 Å². The first-order valence-electron chi connectivity index (χ1n) is 6.60. The highest BCUT2D eigenvalue weighted by molar-refractivity contribution is 7.89. The van der Waals surface area contributed by atoms with Gasteiger partial charge < -0.3 is 5.73 Å². The van der Waals surface area contributed by atoms with E-state index in [1.54, 1.807) is 0 Å². The van der Waals surface area contributed by atoms with Crippen LogP contribution in [-0.2, 0) is 16.2 Å². The maximum absolute atomic E-state index is 13.0. The van der Waals surface area contributed by atoms with E-state index in [-0.39, 0.29) is 6.54 Å². The zero-order valence-corrected chi connectivity index (χ0v) is 12.1. The van der Waals surface area contributed by atoms with E-state index >= 15 is 0 Å². The Morgan fingerprint density at radius 2 is 1.76 bits per heavy atom. The van der Waals surface area contributed by atoms with Crippen LogP contribution in [0.1, 0.15) is 31.2 Å². The fourth-order valence-corrected chi connectivity index (χ4v) is 4.37. The van der Waals surface area contributed by atoms with E-state index in [1.165, 1.54) is 6.07 Å². The van der Waals surface area contributed by atoms with Crippen molar-refractivity contribution in [3.63, 3.8) is 0 Å². The molecule has 4 nitrogen and oxygen atoms in total. The summed E-state index contributed by atoms with van der Waals surface area (Å²) in [6.07, 6.45) is -2.04. The van der Waals surface area contributed by atoms with Gasteiger partial charge in [0.1, 0.15) is 0 Å². The largest absolute Gasteiger partial charge is 0.417 e. The monoisotopic (exact) mass is 322 g/mol. The Morgan fingerprint density at radius 1 is 1.19 bits per heavy atom. The van der Waals surface area contributed by atoms with Crippen molar-refractivity contribution >= 4 is 10.0 Å². The Bertz CT molecular complexity index is 608. The number of hydrogen-bond donors (Lipinski definition) is 2. The first-order valence-corrected chi connectivity index (χ1v) is 8.09. The van der Waals surface area contributed by atoms with Crippen molar-refractivity contribution in [2.45, 2.75) is 42.3 Å². The van der Waals surface area contributed by atoms with E-state index in [9.17, 15) is 21.6 Å². The van der Waals surface area contributed by atoms with Crippen LogP contribution in [0.4, 0.5) is 13.2 Å². The predicted molar refractivity (Wildman–Crippen MR) is 72.0 cm³/mol. The molecule has 0 unspecified atom stereocenters. The first kappa shape index (κ1) is 16.3. The van der Waals surface area contributed by atoms with Crippen LogP contribution >= 0.6 is 0 Å². The number of alkyl halides is 3. The number of halogens is 3. The van der Waals surface area contributed by atoms with Crippen LogP contribution in [0, 0.1) is 0 Å². The number of sulfonamides is 1. The smallest absolute Gasteiger partial charge is 0.329 e. The van der Waals surface area contributed by atoms with Gasteiger partial charge in [-0.1, -0.05) is 25.0 Å². The van der Waals surface area contributed by atoms with E-state index < -0.39 is 32.2 Å². The van der Waals surface area contributed by atoms with Crippen molar-refractivity contribution < 1.29 is 21.6 Å². The average Bonchev–Trinajstić information content (AvgIpc) is 2.86. The molecule has 1 fully saturated rings. The van der Waals surface area contributed by atoms with Crippen LogP contribution in [-0.4, -0.2) is 20.5 Å². The zero-order chi connectivity index (χ0) is 15.7. The second kappa shape index (κ2) is 5.58. The SMILES string of the molecule is NCC1(NS(=O)(=O)c2ccccc2C(F)(F)F)CCCC1. The van der Waals surface area contributed by atoms with E-state index in [2.05, 4.69) is 4.72 Å². The highest BCUT2D eigenvalue weighted by atomic mass is 32.2. The summed E-state index contributed by atoms with van der Waals surface area (Å²) in [7, 11) is -4.28. The molecule has 0 amide bonds. The minimum atomic E-state index is -4.73. The second-order valence-corrected chi connectivity index (χ2v) is 6.94. The van der Waals surface area contributed by atoms with Crippen LogP contribution < -0.4 is 10.5 Å². The van der Waals surface area contributed by atoms with Gasteiger partial charge >= 0.3 is 6.18 Å². The Morgan fingerprint density at radius 3 is 2.29 bits per heavy atom. The molecule has 1 aromatic carbocycles. The van der Waals surface area contributed by atoms with Gasteiger partial charge in [0.2, 0.25) is 10.0 Å². The molecule has 1 saturated carbocycles. The summed E-state index contributed by atoms with van der Waals surface area (Å²) in [6, 6.07) is 4.16.